The number of alkyl halides is 1. The van der Waals surface area contributed by atoms with E-state index in [-0.39, 0.29) is 11.9 Å². The molecule has 0 aromatic heterocycles. The van der Waals surface area contributed by atoms with Crippen molar-refractivity contribution in [1.82, 2.24) is 0 Å². The summed E-state index contributed by atoms with van der Waals surface area (Å²) in [5.74, 6) is -0.457. The lowest BCUT2D eigenvalue weighted by Gasteiger charge is -2.30. The average molecular weight is 598 g/mol. The number of allylic oxidation sites excluding steroid dienone is 3. The molecule has 0 aliphatic carbocycles. The Labute approximate surface area is 234 Å². The highest BCUT2D eigenvalue weighted by Crippen LogP contribution is 2.35. The molecule has 0 unspecified atom stereocenters. The standard InChI is InChI=1S/C16H19ClO2.C10H11ClO2.C3H5Br/c1-4-11-16(12-5-2,15(18)19-6-3)13-7-9-14(17)10-8-13;1-2-13-10(12)7-8-3-5-9(11)6-4-8;1-2-3-4/h4-5,7-10H,1-2,6,11-12H2,3H3;3-6H,2,7H2,1H3;2H,1,3H2. The van der Waals surface area contributed by atoms with E-state index in [1.165, 1.54) is 0 Å². The highest BCUT2D eigenvalue weighted by atomic mass is 79.9. The summed E-state index contributed by atoms with van der Waals surface area (Å²) >= 11 is 14.7. The van der Waals surface area contributed by atoms with Gasteiger partial charge in [0, 0.05) is 15.4 Å². The summed E-state index contributed by atoms with van der Waals surface area (Å²) in [7, 11) is 0. The molecule has 0 spiro atoms. The zero-order valence-electron chi connectivity index (χ0n) is 21.0. The summed E-state index contributed by atoms with van der Waals surface area (Å²) in [6.07, 6.45) is 6.56. The van der Waals surface area contributed by atoms with Crippen molar-refractivity contribution >= 4 is 51.1 Å². The smallest absolute Gasteiger partial charge is 0.317 e. The van der Waals surface area contributed by atoms with Crippen molar-refractivity contribution in [1.29, 1.82) is 0 Å². The van der Waals surface area contributed by atoms with Crippen LogP contribution in [-0.4, -0.2) is 30.5 Å². The Morgan fingerprint density at radius 2 is 1.28 bits per heavy atom. The highest BCUT2D eigenvalue weighted by Gasteiger charge is 2.39. The molecule has 4 nitrogen and oxygen atoms in total. The van der Waals surface area contributed by atoms with Gasteiger partial charge in [-0.15, -0.1) is 19.7 Å². The number of carbonyl (C=O) groups is 2. The van der Waals surface area contributed by atoms with Gasteiger partial charge < -0.3 is 9.47 Å². The number of carbonyl (C=O) groups excluding carboxylic acids is 2. The van der Waals surface area contributed by atoms with E-state index in [2.05, 4.69) is 35.7 Å². The topological polar surface area (TPSA) is 52.6 Å². The third-order valence-corrected chi connectivity index (χ3v) is 5.69. The van der Waals surface area contributed by atoms with E-state index >= 15 is 0 Å². The second kappa shape index (κ2) is 19.8. The van der Waals surface area contributed by atoms with Crippen LogP contribution in [0.15, 0.2) is 86.5 Å². The molecule has 0 atom stereocenters. The minimum Gasteiger partial charge on any atom is -0.466 e. The first-order valence-corrected chi connectivity index (χ1v) is 13.3. The van der Waals surface area contributed by atoms with Gasteiger partial charge in [0.25, 0.3) is 0 Å². The molecule has 0 saturated carbocycles. The molecular formula is C29H35BrCl2O4. The molecule has 0 aliphatic heterocycles. The maximum absolute atomic E-state index is 12.4. The first-order valence-electron chi connectivity index (χ1n) is 11.5. The van der Waals surface area contributed by atoms with Crippen molar-refractivity contribution in [3.63, 3.8) is 0 Å². The molecule has 2 rings (SSSR count). The van der Waals surface area contributed by atoms with Crippen LogP contribution in [-0.2, 0) is 30.9 Å². The monoisotopic (exact) mass is 596 g/mol. The van der Waals surface area contributed by atoms with Gasteiger partial charge in [0.05, 0.1) is 25.0 Å². The Balaban J connectivity index is 0.000000622. The highest BCUT2D eigenvalue weighted by molar-refractivity contribution is 9.09. The number of hydrogen-bond acceptors (Lipinski definition) is 4. The normalized spacial score (nSPS) is 9.92. The Morgan fingerprint density at radius 3 is 1.67 bits per heavy atom. The van der Waals surface area contributed by atoms with E-state index < -0.39 is 5.41 Å². The molecule has 0 radical (unpaired) electrons. The van der Waals surface area contributed by atoms with E-state index in [4.69, 9.17) is 32.7 Å². The van der Waals surface area contributed by atoms with Crippen LogP contribution in [0.1, 0.15) is 37.8 Å². The molecule has 0 amide bonds. The lowest BCUT2D eigenvalue weighted by atomic mass is 9.75. The molecule has 2 aromatic carbocycles. The van der Waals surface area contributed by atoms with Crippen molar-refractivity contribution in [3.05, 3.63) is 108 Å². The van der Waals surface area contributed by atoms with Gasteiger partial charge in [-0.3, -0.25) is 9.59 Å². The van der Waals surface area contributed by atoms with Gasteiger partial charge in [-0.25, -0.2) is 0 Å². The zero-order chi connectivity index (χ0) is 27.4. The molecule has 0 N–H and O–H groups in total. The van der Waals surface area contributed by atoms with Crippen LogP contribution < -0.4 is 0 Å². The van der Waals surface area contributed by atoms with Crippen molar-refractivity contribution in [3.8, 4) is 0 Å². The number of rotatable bonds is 11. The first-order chi connectivity index (χ1) is 17.2. The molecule has 0 aliphatic rings. The van der Waals surface area contributed by atoms with Gasteiger partial charge in [-0.2, -0.15) is 0 Å². The van der Waals surface area contributed by atoms with Crippen molar-refractivity contribution in [2.24, 2.45) is 0 Å². The van der Waals surface area contributed by atoms with E-state index in [1.807, 2.05) is 24.3 Å². The molecule has 0 fully saturated rings. The molecule has 0 bridgehead atoms. The van der Waals surface area contributed by atoms with E-state index in [9.17, 15) is 9.59 Å². The lowest BCUT2D eigenvalue weighted by molar-refractivity contribution is -0.150. The average Bonchev–Trinajstić information content (AvgIpc) is 2.86. The predicted octanol–water partition coefficient (Wildman–Crippen LogP) is 8.31. The van der Waals surface area contributed by atoms with E-state index in [0.717, 1.165) is 16.5 Å². The van der Waals surface area contributed by atoms with Gasteiger partial charge in [0.2, 0.25) is 0 Å². The second-order valence-electron chi connectivity index (χ2n) is 7.35. The molecule has 0 saturated heterocycles. The summed E-state index contributed by atoms with van der Waals surface area (Å²) in [6.45, 7) is 15.3. The second-order valence-corrected chi connectivity index (χ2v) is 8.87. The van der Waals surface area contributed by atoms with Gasteiger partial charge in [0.1, 0.15) is 0 Å². The third kappa shape index (κ3) is 12.6. The van der Waals surface area contributed by atoms with Gasteiger partial charge >= 0.3 is 11.9 Å². The summed E-state index contributed by atoms with van der Waals surface area (Å²) < 4.78 is 10.0. The quantitative estimate of drug-likeness (QED) is 0.148. The maximum atomic E-state index is 12.4. The molecule has 196 valence electrons. The maximum Gasteiger partial charge on any atom is 0.317 e. The Bertz CT molecular complexity index is 931. The summed E-state index contributed by atoms with van der Waals surface area (Å²) in [5, 5.41) is 2.21. The minimum atomic E-state index is -0.760. The van der Waals surface area contributed by atoms with E-state index in [1.54, 1.807) is 56.3 Å². The van der Waals surface area contributed by atoms with Crippen LogP contribution in [0, 0.1) is 0 Å². The van der Waals surface area contributed by atoms with Crippen LogP contribution in [0.25, 0.3) is 0 Å². The number of esters is 2. The van der Waals surface area contributed by atoms with E-state index in [0.29, 0.717) is 42.5 Å². The molecule has 2 aromatic rings. The Kier molecular flexibility index (Phi) is 18.5. The van der Waals surface area contributed by atoms with Crippen LogP contribution in [0.4, 0.5) is 0 Å². The summed E-state index contributed by atoms with van der Waals surface area (Å²) in [5.41, 5.74) is 1.03. The van der Waals surface area contributed by atoms with Crippen molar-refractivity contribution in [2.45, 2.75) is 38.5 Å². The number of ether oxygens (including phenoxy) is 2. The van der Waals surface area contributed by atoms with Gasteiger partial charge in [0.15, 0.2) is 0 Å². The molecule has 7 heteroatoms. The molecular weight excluding hydrogens is 563 g/mol. The van der Waals surface area contributed by atoms with Crippen molar-refractivity contribution < 1.29 is 19.1 Å². The summed E-state index contributed by atoms with van der Waals surface area (Å²) in [6, 6.07) is 14.4. The fraction of sp³-hybridized carbons (Fsp3) is 0.310. The van der Waals surface area contributed by atoms with Crippen molar-refractivity contribution in [2.75, 3.05) is 18.5 Å². The zero-order valence-corrected chi connectivity index (χ0v) is 24.1. The molecule has 0 heterocycles. The Hall–Kier alpha value is -2.34. The van der Waals surface area contributed by atoms with Crippen LogP contribution in [0.5, 0.6) is 0 Å². The van der Waals surface area contributed by atoms with Crippen LogP contribution in [0.2, 0.25) is 10.0 Å². The largest absolute Gasteiger partial charge is 0.466 e. The van der Waals surface area contributed by atoms with Crippen LogP contribution >= 0.6 is 39.1 Å². The molecule has 36 heavy (non-hydrogen) atoms. The first kappa shape index (κ1) is 33.7. The number of halogens is 3. The SMILES string of the molecule is C=CCBr.C=CCC(CC=C)(C(=O)OCC)c1ccc(Cl)cc1.CCOC(=O)Cc1ccc(Cl)cc1. The summed E-state index contributed by atoms with van der Waals surface area (Å²) in [4.78, 5) is 23.4. The number of hydrogen-bond donors (Lipinski definition) is 0. The minimum absolute atomic E-state index is 0.204. The fourth-order valence-electron chi connectivity index (χ4n) is 3.12. The Morgan fingerprint density at radius 1 is 0.833 bits per heavy atom. The predicted molar refractivity (Wildman–Crippen MR) is 155 cm³/mol. The fourth-order valence-corrected chi connectivity index (χ4v) is 3.37. The van der Waals surface area contributed by atoms with Gasteiger partial charge in [-0.05, 0) is 62.1 Å². The third-order valence-electron chi connectivity index (χ3n) is 4.72. The van der Waals surface area contributed by atoms with Gasteiger partial charge in [-0.1, -0.05) is 81.6 Å². The number of benzene rings is 2. The van der Waals surface area contributed by atoms with Crippen LogP contribution in [0.3, 0.4) is 0 Å². The lowest BCUT2D eigenvalue weighted by Crippen LogP contribution is -2.36.